The van der Waals surface area contributed by atoms with Gasteiger partial charge in [-0.25, -0.2) is 4.68 Å². The maximum absolute atomic E-state index is 13.4. The van der Waals surface area contributed by atoms with Gasteiger partial charge in [-0.2, -0.15) is 18.3 Å². The molecule has 0 aliphatic carbocycles. The van der Waals surface area contributed by atoms with Gasteiger partial charge in [0.15, 0.2) is 17.0 Å². The van der Waals surface area contributed by atoms with E-state index in [-0.39, 0.29) is 23.5 Å². The first-order valence-electron chi connectivity index (χ1n) is 9.98. The Balaban J connectivity index is 1.57. The Labute approximate surface area is 182 Å². The number of nitrogens with zero attached hydrogens (tertiary/aromatic N) is 3. The van der Waals surface area contributed by atoms with E-state index in [0.29, 0.717) is 24.4 Å². The van der Waals surface area contributed by atoms with Gasteiger partial charge in [0.1, 0.15) is 0 Å². The number of ketones is 1. The van der Waals surface area contributed by atoms with E-state index in [2.05, 4.69) is 15.3 Å². The van der Waals surface area contributed by atoms with Crippen molar-refractivity contribution in [2.75, 3.05) is 18.5 Å². The lowest BCUT2D eigenvalue weighted by molar-refractivity contribution is -0.142. The fourth-order valence-corrected chi connectivity index (χ4v) is 5.24. The van der Waals surface area contributed by atoms with Crippen LogP contribution in [0.3, 0.4) is 0 Å². The molecule has 1 aromatic heterocycles. The van der Waals surface area contributed by atoms with Crippen LogP contribution in [0.4, 0.5) is 18.9 Å². The smallest absolute Gasteiger partial charge is 0.376 e. The van der Waals surface area contributed by atoms with Crippen LogP contribution in [0.1, 0.15) is 37.7 Å². The average Bonchev–Trinajstić information content (AvgIpc) is 3.26. The van der Waals surface area contributed by atoms with Crippen molar-refractivity contribution in [1.82, 2.24) is 14.7 Å². The molecule has 0 radical (unpaired) electrons. The molecule has 0 amide bonds. The number of aromatic nitrogens is 2. The first-order valence-corrected chi connectivity index (χ1v) is 10.9. The first kappa shape index (κ1) is 21.8. The summed E-state index contributed by atoms with van der Waals surface area (Å²) in [7, 11) is 0. The molecule has 0 saturated carbocycles. The van der Waals surface area contributed by atoms with E-state index in [1.165, 1.54) is 16.4 Å². The molecule has 0 fully saturated rings. The number of halogens is 3. The number of ether oxygens (including phenoxy) is 1. The lowest BCUT2D eigenvalue weighted by Gasteiger charge is -2.27. The highest BCUT2D eigenvalue weighted by molar-refractivity contribution is 8.04. The van der Waals surface area contributed by atoms with E-state index in [0.717, 1.165) is 22.8 Å². The number of alkyl halides is 3. The molecular weight excluding hydrogens is 429 g/mol. The van der Waals surface area contributed by atoms with Crippen molar-refractivity contribution < 1.29 is 22.7 Å². The highest BCUT2D eigenvalue weighted by Crippen LogP contribution is 2.39. The van der Waals surface area contributed by atoms with Gasteiger partial charge in [-0.1, -0.05) is 11.8 Å². The number of hydrogen-bond acceptors (Lipinski definition) is 6. The van der Waals surface area contributed by atoms with Crippen molar-refractivity contribution in [3.8, 4) is 5.69 Å². The van der Waals surface area contributed by atoms with Gasteiger partial charge in [-0.05, 0) is 45.0 Å². The highest BCUT2D eigenvalue weighted by atomic mass is 32.2. The topological polar surface area (TPSA) is 59.4 Å². The van der Waals surface area contributed by atoms with Gasteiger partial charge in [0, 0.05) is 29.9 Å². The van der Waals surface area contributed by atoms with Crippen LogP contribution in [0, 0.1) is 0 Å². The molecule has 0 saturated heterocycles. The van der Waals surface area contributed by atoms with Crippen molar-refractivity contribution in [1.29, 1.82) is 0 Å². The van der Waals surface area contributed by atoms with Crippen LogP contribution in [0.2, 0.25) is 0 Å². The summed E-state index contributed by atoms with van der Waals surface area (Å²) in [5, 5.41) is 7.26. The molecular formula is C21H23F3N4O2S. The van der Waals surface area contributed by atoms with Crippen LogP contribution >= 0.6 is 11.8 Å². The number of carbonyl (C=O) groups is 1. The Morgan fingerprint density at radius 2 is 2.03 bits per heavy atom. The Bertz CT molecular complexity index is 1030. The first-order chi connectivity index (χ1) is 14.7. The minimum absolute atomic E-state index is 0.0357. The summed E-state index contributed by atoms with van der Waals surface area (Å²) >= 11 is 1.47. The molecule has 1 N–H and O–H groups in total. The molecule has 0 bridgehead atoms. The fraction of sp³-hybridized carbons (Fsp3) is 0.429. The largest absolute Gasteiger partial charge is 0.435 e. The van der Waals surface area contributed by atoms with Gasteiger partial charge in [0.25, 0.3) is 0 Å². The molecule has 10 heteroatoms. The standard InChI is InChI=1S/C21H23F3N4O2S/c1-4-27-12(2)18(13(3)29)31-20(27)25-14-5-7-15(8-6-14)28-17-9-10-30-11-16(17)19(26-28)21(22,23)24/h5-8,20,25H,4,9-11H2,1-3H3. The van der Waals surface area contributed by atoms with E-state index >= 15 is 0 Å². The predicted molar refractivity (Wildman–Crippen MR) is 113 cm³/mol. The molecule has 166 valence electrons. The molecule has 6 nitrogen and oxygen atoms in total. The average molecular weight is 453 g/mol. The van der Waals surface area contributed by atoms with Gasteiger partial charge in [-0.3, -0.25) is 4.79 Å². The minimum atomic E-state index is -4.53. The zero-order valence-electron chi connectivity index (χ0n) is 17.4. The molecule has 1 atom stereocenters. The summed E-state index contributed by atoms with van der Waals surface area (Å²) in [6.07, 6.45) is -4.15. The zero-order chi connectivity index (χ0) is 22.3. The number of allylic oxidation sites excluding steroid dienone is 2. The molecule has 2 aliphatic heterocycles. The molecule has 1 aromatic carbocycles. The number of benzene rings is 1. The Morgan fingerprint density at radius 1 is 1.32 bits per heavy atom. The van der Waals surface area contributed by atoms with Crippen LogP contribution in [0.15, 0.2) is 34.9 Å². The van der Waals surface area contributed by atoms with Gasteiger partial charge < -0.3 is 15.0 Å². The zero-order valence-corrected chi connectivity index (χ0v) is 18.2. The van der Waals surface area contributed by atoms with Crippen molar-refractivity contribution >= 4 is 23.2 Å². The van der Waals surface area contributed by atoms with Crippen LogP contribution < -0.4 is 5.32 Å². The van der Waals surface area contributed by atoms with Crippen molar-refractivity contribution in [2.45, 2.75) is 45.5 Å². The molecule has 2 aromatic rings. The van der Waals surface area contributed by atoms with Crippen molar-refractivity contribution in [3.05, 3.63) is 51.8 Å². The maximum atomic E-state index is 13.4. The minimum Gasteiger partial charge on any atom is -0.376 e. The number of anilines is 1. The van der Waals surface area contributed by atoms with Crippen molar-refractivity contribution in [2.24, 2.45) is 0 Å². The Kier molecular flexibility index (Phi) is 5.78. The Morgan fingerprint density at radius 3 is 2.65 bits per heavy atom. The number of nitrogens with one attached hydrogen (secondary N) is 1. The predicted octanol–water partition coefficient (Wildman–Crippen LogP) is 4.55. The number of thioether (sulfide) groups is 1. The number of carbonyl (C=O) groups excluding carboxylic acids is 1. The SMILES string of the molecule is CCN1C(C)=C(C(C)=O)SC1Nc1ccc(-n2nc(C(F)(F)F)c3c2CCOC3)cc1. The van der Waals surface area contributed by atoms with Gasteiger partial charge >= 0.3 is 6.18 Å². The summed E-state index contributed by atoms with van der Waals surface area (Å²) in [6.45, 7) is 6.54. The summed E-state index contributed by atoms with van der Waals surface area (Å²) in [4.78, 5) is 14.7. The van der Waals surface area contributed by atoms with Crippen LogP contribution in [-0.4, -0.2) is 39.1 Å². The van der Waals surface area contributed by atoms with Crippen LogP contribution in [-0.2, 0) is 28.7 Å². The molecule has 1 unspecified atom stereocenters. The van der Waals surface area contributed by atoms with E-state index in [1.807, 2.05) is 26.0 Å². The van der Waals surface area contributed by atoms with E-state index in [9.17, 15) is 18.0 Å². The molecule has 4 rings (SSSR count). The Hall–Kier alpha value is -2.46. The van der Waals surface area contributed by atoms with Gasteiger partial charge in [-0.15, -0.1) is 0 Å². The fourth-order valence-electron chi connectivity index (χ4n) is 3.93. The second-order valence-electron chi connectivity index (χ2n) is 7.40. The number of rotatable bonds is 5. The van der Waals surface area contributed by atoms with E-state index in [4.69, 9.17) is 4.74 Å². The number of hydrogen-bond donors (Lipinski definition) is 1. The van der Waals surface area contributed by atoms with Gasteiger partial charge in [0.05, 0.1) is 29.5 Å². The second kappa shape index (κ2) is 8.23. The van der Waals surface area contributed by atoms with Crippen LogP contribution in [0.5, 0.6) is 0 Å². The van der Waals surface area contributed by atoms with Crippen molar-refractivity contribution in [3.63, 3.8) is 0 Å². The maximum Gasteiger partial charge on any atom is 0.435 e. The van der Waals surface area contributed by atoms with E-state index < -0.39 is 11.9 Å². The lowest BCUT2D eigenvalue weighted by Crippen LogP contribution is -2.33. The number of Topliss-reactive ketones (excluding diaryl/α,β-unsaturated/α-hetero) is 1. The third-order valence-corrected chi connectivity index (χ3v) is 6.84. The molecule has 2 aliphatic rings. The van der Waals surface area contributed by atoms with Crippen LogP contribution in [0.25, 0.3) is 5.69 Å². The molecule has 3 heterocycles. The second-order valence-corrected chi connectivity index (χ2v) is 8.49. The third kappa shape index (κ3) is 4.06. The van der Waals surface area contributed by atoms with Gasteiger partial charge in [0.2, 0.25) is 0 Å². The molecule has 0 spiro atoms. The summed E-state index contributed by atoms with van der Waals surface area (Å²) in [6, 6.07) is 7.11. The summed E-state index contributed by atoms with van der Waals surface area (Å²) in [5.74, 6) is 0.0357. The lowest BCUT2D eigenvalue weighted by atomic mass is 10.1. The monoisotopic (exact) mass is 452 g/mol. The number of fused-ring (bicyclic) bond motifs is 1. The quantitative estimate of drug-likeness (QED) is 0.719. The molecule has 31 heavy (non-hydrogen) atoms. The summed E-state index contributed by atoms with van der Waals surface area (Å²) < 4.78 is 46.8. The van der Waals surface area contributed by atoms with E-state index in [1.54, 1.807) is 19.1 Å². The highest BCUT2D eigenvalue weighted by Gasteiger charge is 2.40. The third-order valence-electron chi connectivity index (χ3n) is 5.42. The normalized spacial score (nSPS) is 19.0. The summed E-state index contributed by atoms with van der Waals surface area (Å²) in [5.41, 5.74) is 1.94.